The maximum absolute atomic E-state index is 9.71. The molecule has 0 atom stereocenters. The molecule has 0 aromatic heterocycles. The standard InChI is InChI=1S/C14H21NO4/c1-11-9-13(17-2)14(10-12(11)16)19-8-5-15-3-6-18-7-4-15/h9-10,16H,3-8H2,1-2H3. The van der Waals surface area contributed by atoms with Gasteiger partial charge in [-0.3, -0.25) is 4.90 Å². The Morgan fingerprint density at radius 2 is 2.00 bits per heavy atom. The fourth-order valence-electron chi connectivity index (χ4n) is 2.03. The molecule has 1 aromatic carbocycles. The Labute approximate surface area is 113 Å². The van der Waals surface area contributed by atoms with E-state index >= 15 is 0 Å². The van der Waals surface area contributed by atoms with E-state index < -0.39 is 0 Å². The molecule has 0 aliphatic carbocycles. The van der Waals surface area contributed by atoms with E-state index in [4.69, 9.17) is 14.2 Å². The number of nitrogens with zero attached hydrogens (tertiary/aromatic N) is 1. The number of ether oxygens (including phenoxy) is 3. The van der Waals surface area contributed by atoms with E-state index in [0.29, 0.717) is 18.1 Å². The maximum Gasteiger partial charge on any atom is 0.164 e. The second-order valence-electron chi connectivity index (χ2n) is 4.59. The molecule has 1 aromatic rings. The van der Waals surface area contributed by atoms with Gasteiger partial charge in [-0.2, -0.15) is 0 Å². The summed E-state index contributed by atoms with van der Waals surface area (Å²) in [4.78, 5) is 2.30. The number of aromatic hydroxyl groups is 1. The number of methoxy groups -OCH3 is 1. The van der Waals surface area contributed by atoms with Crippen LogP contribution in [0.1, 0.15) is 5.56 Å². The average molecular weight is 267 g/mol. The van der Waals surface area contributed by atoms with Crippen LogP contribution in [0, 0.1) is 6.92 Å². The highest BCUT2D eigenvalue weighted by molar-refractivity contribution is 5.49. The van der Waals surface area contributed by atoms with Crippen LogP contribution < -0.4 is 9.47 Å². The summed E-state index contributed by atoms with van der Waals surface area (Å²) < 4.78 is 16.2. The third-order valence-corrected chi connectivity index (χ3v) is 3.25. The third-order valence-electron chi connectivity index (χ3n) is 3.25. The molecular formula is C14H21NO4. The second kappa shape index (κ2) is 6.63. The molecule has 5 nitrogen and oxygen atoms in total. The number of hydrogen-bond acceptors (Lipinski definition) is 5. The summed E-state index contributed by atoms with van der Waals surface area (Å²) in [6.07, 6.45) is 0. The summed E-state index contributed by atoms with van der Waals surface area (Å²) in [5.74, 6) is 1.46. The van der Waals surface area contributed by atoms with E-state index in [9.17, 15) is 5.11 Å². The summed E-state index contributed by atoms with van der Waals surface area (Å²) in [5, 5.41) is 9.71. The summed E-state index contributed by atoms with van der Waals surface area (Å²) in [6, 6.07) is 3.38. The van der Waals surface area contributed by atoms with Gasteiger partial charge in [0, 0.05) is 25.7 Å². The molecule has 106 valence electrons. The monoisotopic (exact) mass is 267 g/mol. The lowest BCUT2D eigenvalue weighted by Gasteiger charge is -2.26. The van der Waals surface area contributed by atoms with Crippen LogP contribution in [0.5, 0.6) is 17.2 Å². The Kier molecular flexibility index (Phi) is 4.87. The Morgan fingerprint density at radius 1 is 1.26 bits per heavy atom. The van der Waals surface area contributed by atoms with Crippen molar-refractivity contribution in [2.45, 2.75) is 6.92 Å². The van der Waals surface area contributed by atoms with Gasteiger partial charge in [-0.1, -0.05) is 0 Å². The Balaban J connectivity index is 1.89. The van der Waals surface area contributed by atoms with E-state index in [0.717, 1.165) is 38.4 Å². The lowest BCUT2D eigenvalue weighted by Crippen LogP contribution is -2.38. The fourth-order valence-corrected chi connectivity index (χ4v) is 2.03. The lowest BCUT2D eigenvalue weighted by molar-refractivity contribution is 0.0321. The third kappa shape index (κ3) is 3.75. The highest BCUT2D eigenvalue weighted by Gasteiger charge is 2.12. The molecule has 19 heavy (non-hydrogen) atoms. The van der Waals surface area contributed by atoms with Crippen molar-refractivity contribution in [3.8, 4) is 17.2 Å². The molecule has 1 N–H and O–H groups in total. The number of aryl methyl sites for hydroxylation is 1. The van der Waals surface area contributed by atoms with E-state index in [-0.39, 0.29) is 5.75 Å². The highest BCUT2D eigenvalue weighted by Crippen LogP contribution is 2.33. The number of morpholine rings is 1. The lowest BCUT2D eigenvalue weighted by atomic mass is 10.2. The van der Waals surface area contributed by atoms with Gasteiger partial charge in [0.05, 0.1) is 20.3 Å². The molecule has 1 aliphatic rings. The highest BCUT2D eigenvalue weighted by atomic mass is 16.5. The molecule has 0 spiro atoms. The van der Waals surface area contributed by atoms with Gasteiger partial charge in [0.25, 0.3) is 0 Å². The van der Waals surface area contributed by atoms with Gasteiger partial charge in [0.2, 0.25) is 0 Å². The van der Waals surface area contributed by atoms with Crippen LogP contribution in [0.2, 0.25) is 0 Å². The first-order valence-electron chi connectivity index (χ1n) is 6.51. The zero-order valence-electron chi connectivity index (χ0n) is 11.5. The molecule has 0 bridgehead atoms. The molecule has 0 radical (unpaired) electrons. The first kappa shape index (κ1) is 14.0. The molecule has 0 unspecified atom stereocenters. The SMILES string of the molecule is COc1cc(C)c(O)cc1OCCN1CCOCC1. The van der Waals surface area contributed by atoms with Crippen LogP contribution in [0.15, 0.2) is 12.1 Å². The molecular weight excluding hydrogens is 246 g/mol. The van der Waals surface area contributed by atoms with E-state index in [1.54, 1.807) is 19.2 Å². The van der Waals surface area contributed by atoms with Gasteiger partial charge in [0.15, 0.2) is 11.5 Å². The number of hydrogen-bond donors (Lipinski definition) is 1. The molecule has 2 rings (SSSR count). The Morgan fingerprint density at radius 3 is 2.68 bits per heavy atom. The fraction of sp³-hybridized carbons (Fsp3) is 0.571. The van der Waals surface area contributed by atoms with Gasteiger partial charge in [-0.25, -0.2) is 0 Å². The van der Waals surface area contributed by atoms with Gasteiger partial charge in [-0.05, 0) is 18.6 Å². The average Bonchev–Trinajstić information content (AvgIpc) is 2.43. The van der Waals surface area contributed by atoms with E-state index in [1.165, 1.54) is 0 Å². The van der Waals surface area contributed by atoms with Crippen LogP contribution in [0.4, 0.5) is 0 Å². The van der Waals surface area contributed by atoms with Gasteiger partial charge in [0.1, 0.15) is 12.4 Å². The number of phenolic OH excluding ortho intramolecular Hbond substituents is 1. The first-order valence-corrected chi connectivity index (χ1v) is 6.51. The van der Waals surface area contributed by atoms with E-state index in [2.05, 4.69) is 4.90 Å². The topological polar surface area (TPSA) is 51.2 Å². The summed E-state index contributed by atoms with van der Waals surface area (Å²) in [7, 11) is 1.60. The second-order valence-corrected chi connectivity index (χ2v) is 4.59. The quantitative estimate of drug-likeness (QED) is 0.874. The zero-order chi connectivity index (χ0) is 13.7. The number of phenols is 1. The predicted molar refractivity (Wildman–Crippen MR) is 72.1 cm³/mol. The minimum atomic E-state index is 0.224. The van der Waals surface area contributed by atoms with Crippen molar-refractivity contribution in [1.29, 1.82) is 0 Å². The van der Waals surface area contributed by atoms with Crippen molar-refractivity contribution in [3.63, 3.8) is 0 Å². The molecule has 1 saturated heterocycles. The van der Waals surface area contributed by atoms with Crippen molar-refractivity contribution in [2.75, 3.05) is 46.6 Å². The molecule has 5 heteroatoms. The zero-order valence-corrected chi connectivity index (χ0v) is 11.5. The summed E-state index contributed by atoms with van der Waals surface area (Å²) in [6.45, 7) is 6.71. The normalized spacial score (nSPS) is 16.3. The van der Waals surface area contributed by atoms with Crippen LogP contribution >= 0.6 is 0 Å². The van der Waals surface area contributed by atoms with Crippen LogP contribution in [-0.2, 0) is 4.74 Å². The van der Waals surface area contributed by atoms with Crippen LogP contribution in [0.3, 0.4) is 0 Å². The Bertz CT molecular complexity index is 416. The van der Waals surface area contributed by atoms with Crippen LogP contribution in [-0.4, -0.2) is 56.6 Å². The summed E-state index contributed by atoms with van der Waals surface area (Å²) >= 11 is 0. The number of benzene rings is 1. The number of rotatable bonds is 5. The van der Waals surface area contributed by atoms with Crippen molar-refractivity contribution in [1.82, 2.24) is 4.90 Å². The van der Waals surface area contributed by atoms with Crippen molar-refractivity contribution >= 4 is 0 Å². The molecule has 0 amide bonds. The minimum absolute atomic E-state index is 0.224. The molecule has 1 heterocycles. The van der Waals surface area contributed by atoms with Crippen molar-refractivity contribution < 1.29 is 19.3 Å². The van der Waals surface area contributed by atoms with Gasteiger partial charge < -0.3 is 19.3 Å². The van der Waals surface area contributed by atoms with Crippen molar-refractivity contribution in [2.24, 2.45) is 0 Å². The van der Waals surface area contributed by atoms with E-state index in [1.807, 2.05) is 6.92 Å². The van der Waals surface area contributed by atoms with Crippen LogP contribution in [0.25, 0.3) is 0 Å². The maximum atomic E-state index is 9.71. The smallest absolute Gasteiger partial charge is 0.164 e. The van der Waals surface area contributed by atoms with Crippen molar-refractivity contribution in [3.05, 3.63) is 17.7 Å². The summed E-state index contributed by atoms with van der Waals surface area (Å²) in [5.41, 5.74) is 0.775. The van der Waals surface area contributed by atoms with Gasteiger partial charge in [-0.15, -0.1) is 0 Å². The minimum Gasteiger partial charge on any atom is -0.508 e. The van der Waals surface area contributed by atoms with Gasteiger partial charge >= 0.3 is 0 Å². The molecule has 0 saturated carbocycles. The largest absolute Gasteiger partial charge is 0.508 e. The molecule has 1 aliphatic heterocycles. The Hall–Kier alpha value is -1.46. The first-order chi connectivity index (χ1) is 9.20. The molecule has 1 fully saturated rings. The predicted octanol–water partition coefficient (Wildman–Crippen LogP) is 1.42.